The van der Waals surface area contributed by atoms with E-state index in [4.69, 9.17) is 19.2 Å². The maximum absolute atomic E-state index is 5.96. The standard InChI is InChI=1S/C20H31N3O3.HI/c1-4-21-20(22-13-16-10-15(2)11-17(12-16)24-3)23-7-9-26-19(14-23)18-6-5-8-25-18;/h10-12,18-19H,4-9,13-14H2,1-3H3,(H,21,22);1H. The lowest BCUT2D eigenvalue weighted by Crippen LogP contribution is -2.53. The fourth-order valence-corrected chi connectivity index (χ4v) is 3.61. The molecule has 0 amide bonds. The Balaban J connectivity index is 0.00000261. The van der Waals surface area contributed by atoms with Crippen molar-refractivity contribution in [1.82, 2.24) is 10.2 Å². The second kappa shape index (κ2) is 11.1. The van der Waals surface area contributed by atoms with Crippen molar-refractivity contribution in [1.29, 1.82) is 0 Å². The third-order valence-electron chi connectivity index (χ3n) is 4.87. The molecule has 2 unspecified atom stereocenters. The number of aliphatic imine (C=N–C) groups is 1. The van der Waals surface area contributed by atoms with E-state index in [1.54, 1.807) is 7.11 Å². The molecule has 1 N–H and O–H groups in total. The summed E-state index contributed by atoms with van der Waals surface area (Å²) in [5, 5.41) is 3.43. The van der Waals surface area contributed by atoms with Crippen LogP contribution in [-0.2, 0) is 16.0 Å². The minimum Gasteiger partial charge on any atom is -0.497 e. The zero-order chi connectivity index (χ0) is 18.4. The van der Waals surface area contributed by atoms with E-state index in [1.807, 2.05) is 6.07 Å². The number of hydrogen-bond acceptors (Lipinski definition) is 4. The Morgan fingerprint density at radius 2 is 2.07 bits per heavy atom. The molecule has 0 aliphatic carbocycles. The second-order valence-corrected chi connectivity index (χ2v) is 6.94. The van der Waals surface area contributed by atoms with Crippen LogP contribution in [0.2, 0.25) is 0 Å². The van der Waals surface area contributed by atoms with E-state index in [0.29, 0.717) is 13.2 Å². The summed E-state index contributed by atoms with van der Waals surface area (Å²) in [7, 11) is 1.70. The van der Waals surface area contributed by atoms with Gasteiger partial charge in [-0.2, -0.15) is 0 Å². The Bertz CT molecular complexity index is 620. The minimum atomic E-state index is 0. The number of aryl methyl sites for hydroxylation is 1. The molecule has 1 aromatic rings. The molecule has 0 aromatic heterocycles. The van der Waals surface area contributed by atoms with Crippen LogP contribution in [0.5, 0.6) is 5.75 Å². The average molecular weight is 489 g/mol. The van der Waals surface area contributed by atoms with Crippen molar-refractivity contribution in [3.05, 3.63) is 29.3 Å². The van der Waals surface area contributed by atoms with Gasteiger partial charge in [0.1, 0.15) is 11.9 Å². The average Bonchev–Trinajstić information content (AvgIpc) is 3.19. The van der Waals surface area contributed by atoms with Crippen molar-refractivity contribution in [2.24, 2.45) is 4.99 Å². The minimum absolute atomic E-state index is 0. The zero-order valence-corrected chi connectivity index (χ0v) is 18.9. The highest BCUT2D eigenvalue weighted by molar-refractivity contribution is 14.0. The zero-order valence-electron chi connectivity index (χ0n) is 16.6. The SMILES string of the molecule is CCNC(=NCc1cc(C)cc(OC)c1)N1CCOC(C2CCCO2)C1.I. The lowest BCUT2D eigenvalue weighted by molar-refractivity contribution is -0.0817. The van der Waals surface area contributed by atoms with E-state index in [0.717, 1.165) is 56.4 Å². The first kappa shape index (κ1) is 22.2. The fourth-order valence-electron chi connectivity index (χ4n) is 3.61. The molecule has 3 rings (SSSR count). The number of benzene rings is 1. The first-order chi connectivity index (χ1) is 12.7. The summed E-state index contributed by atoms with van der Waals surface area (Å²) in [4.78, 5) is 7.16. The van der Waals surface area contributed by atoms with Gasteiger partial charge < -0.3 is 24.4 Å². The largest absolute Gasteiger partial charge is 0.497 e. The molecule has 2 atom stereocenters. The highest BCUT2D eigenvalue weighted by Crippen LogP contribution is 2.21. The van der Waals surface area contributed by atoms with Crippen molar-refractivity contribution in [3.8, 4) is 5.75 Å². The third-order valence-corrected chi connectivity index (χ3v) is 4.87. The lowest BCUT2D eigenvalue weighted by Gasteiger charge is -2.37. The van der Waals surface area contributed by atoms with Gasteiger partial charge in [0, 0.05) is 26.2 Å². The molecule has 0 bridgehead atoms. The van der Waals surface area contributed by atoms with Crippen molar-refractivity contribution >= 4 is 29.9 Å². The van der Waals surface area contributed by atoms with Crippen LogP contribution in [0.25, 0.3) is 0 Å². The van der Waals surface area contributed by atoms with E-state index in [9.17, 15) is 0 Å². The van der Waals surface area contributed by atoms with E-state index >= 15 is 0 Å². The van der Waals surface area contributed by atoms with Gasteiger partial charge in [-0.25, -0.2) is 4.99 Å². The van der Waals surface area contributed by atoms with Gasteiger partial charge >= 0.3 is 0 Å². The monoisotopic (exact) mass is 489 g/mol. The lowest BCUT2D eigenvalue weighted by atomic mass is 10.1. The second-order valence-electron chi connectivity index (χ2n) is 6.94. The number of morpholine rings is 1. The highest BCUT2D eigenvalue weighted by Gasteiger charge is 2.32. The van der Waals surface area contributed by atoms with E-state index < -0.39 is 0 Å². The molecule has 2 fully saturated rings. The van der Waals surface area contributed by atoms with Crippen LogP contribution in [0.15, 0.2) is 23.2 Å². The molecule has 1 aromatic carbocycles. The van der Waals surface area contributed by atoms with Gasteiger partial charge in [0.15, 0.2) is 5.96 Å². The van der Waals surface area contributed by atoms with Crippen LogP contribution < -0.4 is 10.1 Å². The van der Waals surface area contributed by atoms with Gasteiger partial charge in [0.2, 0.25) is 0 Å². The molecule has 0 saturated carbocycles. The number of hydrogen-bond donors (Lipinski definition) is 1. The molecule has 27 heavy (non-hydrogen) atoms. The normalized spacial score (nSPS) is 23.1. The van der Waals surface area contributed by atoms with Gasteiger partial charge in [-0.1, -0.05) is 6.07 Å². The first-order valence-corrected chi connectivity index (χ1v) is 9.60. The number of nitrogens with one attached hydrogen (secondary N) is 1. The van der Waals surface area contributed by atoms with Gasteiger partial charge in [-0.05, 0) is 49.9 Å². The Kier molecular flexibility index (Phi) is 9.11. The van der Waals surface area contributed by atoms with Crippen molar-refractivity contribution < 1.29 is 14.2 Å². The molecule has 6 nitrogen and oxygen atoms in total. The summed E-state index contributed by atoms with van der Waals surface area (Å²) in [5.74, 6) is 1.82. The summed E-state index contributed by atoms with van der Waals surface area (Å²) in [6.45, 7) is 8.90. The Morgan fingerprint density at radius 3 is 2.78 bits per heavy atom. The van der Waals surface area contributed by atoms with Crippen LogP contribution in [0.1, 0.15) is 30.9 Å². The molecule has 2 aliphatic heterocycles. The van der Waals surface area contributed by atoms with Crippen LogP contribution in [-0.4, -0.2) is 63.0 Å². The van der Waals surface area contributed by atoms with Crippen molar-refractivity contribution in [3.63, 3.8) is 0 Å². The highest BCUT2D eigenvalue weighted by atomic mass is 127. The Morgan fingerprint density at radius 1 is 1.26 bits per heavy atom. The van der Waals surface area contributed by atoms with E-state index in [-0.39, 0.29) is 36.2 Å². The van der Waals surface area contributed by atoms with Crippen molar-refractivity contribution in [2.75, 3.05) is 40.0 Å². The van der Waals surface area contributed by atoms with Gasteiger partial charge in [-0.15, -0.1) is 24.0 Å². The number of guanidine groups is 1. The number of nitrogens with zero attached hydrogens (tertiary/aromatic N) is 2. The fraction of sp³-hybridized carbons (Fsp3) is 0.650. The van der Waals surface area contributed by atoms with Crippen LogP contribution >= 0.6 is 24.0 Å². The Labute approximate surface area is 179 Å². The van der Waals surface area contributed by atoms with Gasteiger partial charge in [0.25, 0.3) is 0 Å². The summed E-state index contributed by atoms with van der Waals surface area (Å²) in [6.07, 6.45) is 2.58. The summed E-state index contributed by atoms with van der Waals surface area (Å²) >= 11 is 0. The topological polar surface area (TPSA) is 55.3 Å². The first-order valence-electron chi connectivity index (χ1n) is 9.60. The molecule has 0 spiro atoms. The van der Waals surface area contributed by atoms with Gasteiger partial charge in [-0.3, -0.25) is 0 Å². The van der Waals surface area contributed by atoms with E-state index in [2.05, 4.69) is 36.2 Å². The molecule has 152 valence electrons. The number of ether oxygens (including phenoxy) is 3. The Hall–Kier alpha value is -1.06. The quantitative estimate of drug-likeness (QED) is 0.392. The number of rotatable bonds is 5. The molecule has 0 radical (unpaired) electrons. The third kappa shape index (κ3) is 6.22. The molecular formula is C20H32IN3O3. The van der Waals surface area contributed by atoms with Gasteiger partial charge in [0.05, 0.1) is 26.4 Å². The van der Waals surface area contributed by atoms with Crippen molar-refractivity contribution in [2.45, 2.75) is 45.4 Å². The summed E-state index contributed by atoms with van der Waals surface area (Å²) < 4.78 is 17.2. The maximum atomic E-state index is 5.96. The van der Waals surface area contributed by atoms with E-state index in [1.165, 1.54) is 5.56 Å². The molecule has 7 heteroatoms. The summed E-state index contributed by atoms with van der Waals surface area (Å²) in [5.41, 5.74) is 2.34. The number of methoxy groups -OCH3 is 1. The maximum Gasteiger partial charge on any atom is 0.194 e. The smallest absolute Gasteiger partial charge is 0.194 e. The molecular weight excluding hydrogens is 457 g/mol. The number of halogens is 1. The molecule has 2 aliphatic rings. The molecule has 2 heterocycles. The predicted molar refractivity (Wildman–Crippen MR) is 118 cm³/mol. The van der Waals surface area contributed by atoms with Crippen LogP contribution in [0.4, 0.5) is 0 Å². The summed E-state index contributed by atoms with van der Waals surface area (Å²) in [6, 6.07) is 6.24. The van der Waals surface area contributed by atoms with Crippen LogP contribution in [0.3, 0.4) is 0 Å². The predicted octanol–water partition coefficient (Wildman–Crippen LogP) is 2.97. The molecule has 2 saturated heterocycles. The van der Waals surface area contributed by atoms with Crippen LogP contribution in [0, 0.1) is 6.92 Å².